The van der Waals surface area contributed by atoms with Crippen molar-refractivity contribution in [2.45, 2.75) is 108 Å². The van der Waals surface area contributed by atoms with E-state index in [2.05, 4.69) is 15.0 Å². The molecular weight excluding hydrogens is 710 g/mol. The SMILES string of the molecule is CC(=O)N[C@]1(O)[C@@H](CC(=O)NS(=O)(=O)NC[C@H]2O[C@@H](n3ccc(=O)[nH]c3=O)[C@@H]3OC(C)(C)O[C@@H]32)O[C@H](COC(C)=O)[C@@H](OC(C)=O)[C@@H]1OC(C)=O. The molecule has 51 heavy (non-hydrogen) atoms. The van der Waals surface area contributed by atoms with Gasteiger partial charge in [-0.15, -0.1) is 0 Å². The Balaban J connectivity index is 1.52. The van der Waals surface area contributed by atoms with E-state index < -0.39 is 131 Å². The number of aliphatic hydroxyl groups is 1. The first-order chi connectivity index (χ1) is 23.6. The second-order valence-corrected chi connectivity index (χ2v) is 13.8. The van der Waals surface area contributed by atoms with Crippen LogP contribution in [0.2, 0.25) is 0 Å². The number of H-pyrrole nitrogens is 1. The molecule has 3 saturated heterocycles. The molecule has 0 aliphatic carbocycles. The van der Waals surface area contributed by atoms with Gasteiger partial charge in [-0.25, -0.2) is 9.52 Å². The number of rotatable bonds is 12. The van der Waals surface area contributed by atoms with Crippen molar-refractivity contribution >= 4 is 39.9 Å². The third-order valence-electron chi connectivity index (χ3n) is 7.69. The maximum atomic E-state index is 13.2. The number of esters is 3. The van der Waals surface area contributed by atoms with Gasteiger partial charge in [0.05, 0.1) is 6.42 Å². The van der Waals surface area contributed by atoms with E-state index in [4.69, 9.17) is 33.2 Å². The van der Waals surface area contributed by atoms with Crippen LogP contribution in [-0.2, 0) is 67.3 Å². The number of amides is 2. The molecule has 2 amide bonds. The molecule has 0 spiro atoms. The summed E-state index contributed by atoms with van der Waals surface area (Å²) in [4.78, 5) is 87.1. The van der Waals surface area contributed by atoms with Crippen LogP contribution in [0.4, 0.5) is 0 Å². The Morgan fingerprint density at radius 2 is 1.61 bits per heavy atom. The van der Waals surface area contributed by atoms with Crippen molar-refractivity contribution in [3.63, 3.8) is 0 Å². The van der Waals surface area contributed by atoms with Crippen LogP contribution < -0.4 is 26.0 Å². The van der Waals surface area contributed by atoms with E-state index in [0.29, 0.717) is 0 Å². The predicted molar refractivity (Wildman–Crippen MR) is 164 cm³/mol. The van der Waals surface area contributed by atoms with Gasteiger partial charge in [0.25, 0.3) is 5.56 Å². The highest BCUT2D eigenvalue weighted by Gasteiger charge is 2.61. The molecule has 284 valence electrons. The lowest BCUT2D eigenvalue weighted by atomic mass is 9.86. The van der Waals surface area contributed by atoms with Crippen molar-refractivity contribution < 1.29 is 70.7 Å². The molecule has 3 aliphatic rings. The maximum Gasteiger partial charge on any atom is 0.330 e. The first kappa shape index (κ1) is 39.5. The molecule has 0 bridgehead atoms. The fourth-order valence-electron chi connectivity index (χ4n) is 5.92. The number of aromatic nitrogens is 2. The van der Waals surface area contributed by atoms with Gasteiger partial charge in [0, 0.05) is 46.5 Å². The molecule has 3 fully saturated rings. The minimum absolute atomic E-state index is 0.517. The number of carbonyl (C=O) groups excluding carboxylic acids is 5. The van der Waals surface area contributed by atoms with Crippen molar-refractivity contribution in [2.75, 3.05) is 13.2 Å². The van der Waals surface area contributed by atoms with Crippen LogP contribution in [0.15, 0.2) is 21.9 Å². The second kappa shape index (κ2) is 15.1. The van der Waals surface area contributed by atoms with Crippen LogP contribution in [0.3, 0.4) is 0 Å². The number of hydrogen-bond acceptors (Lipinski definition) is 17. The molecule has 5 N–H and O–H groups in total. The van der Waals surface area contributed by atoms with Gasteiger partial charge in [0.2, 0.25) is 17.5 Å². The van der Waals surface area contributed by atoms with E-state index in [1.165, 1.54) is 6.20 Å². The van der Waals surface area contributed by atoms with E-state index in [9.17, 15) is 47.1 Å². The second-order valence-electron chi connectivity index (χ2n) is 12.3. The highest BCUT2D eigenvalue weighted by Crippen LogP contribution is 2.42. The van der Waals surface area contributed by atoms with Crippen LogP contribution in [0, 0.1) is 0 Å². The lowest BCUT2D eigenvalue weighted by molar-refractivity contribution is -0.290. The normalized spacial score (nSPS) is 31.2. The maximum absolute atomic E-state index is 13.2. The molecule has 3 aliphatic heterocycles. The van der Waals surface area contributed by atoms with Crippen LogP contribution in [0.25, 0.3) is 0 Å². The smallest absolute Gasteiger partial charge is 0.330 e. The molecule has 0 radical (unpaired) electrons. The van der Waals surface area contributed by atoms with Crippen LogP contribution in [0.1, 0.15) is 54.2 Å². The summed E-state index contributed by atoms with van der Waals surface area (Å²) in [6.45, 7) is 5.96. The van der Waals surface area contributed by atoms with Crippen molar-refractivity contribution in [3.8, 4) is 0 Å². The summed E-state index contributed by atoms with van der Waals surface area (Å²) in [6, 6.07) is 1.08. The number of nitrogens with zero attached hydrogens (tertiary/aromatic N) is 1. The number of aromatic amines is 1. The average Bonchev–Trinajstić information content (AvgIpc) is 3.46. The summed E-state index contributed by atoms with van der Waals surface area (Å²) in [6.07, 6.45) is -10.9. The average molecular weight is 750 g/mol. The van der Waals surface area contributed by atoms with Gasteiger partial charge in [-0.3, -0.25) is 38.3 Å². The lowest BCUT2D eigenvalue weighted by Gasteiger charge is -2.50. The number of nitrogens with one attached hydrogen (secondary N) is 4. The molecule has 22 nitrogen and oxygen atoms in total. The van der Waals surface area contributed by atoms with Crippen molar-refractivity contribution in [3.05, 3.63) is 33.1 Å². The molecule has 0 saturated carbocycles. The van der Waals surface area contributed by atoms with Crippen molar-refractivity contribution in [1.29, 1.82) is 0 Å². The van der Waals surface area contributed by atoms with E-state index in [1.54, 1.807) is 18.6 Å². The van der Waals surface area contributed by atoms with Gasteiger partial charge in [-0.2, -0.15) is 13.1 Å². The Labute approximate surface area is 289 Å². The molecule has 4 rings (SSSR count). The molecular formula is C28H39N5O17S. The summed E-state index contributed by atoms with van der Waals surface area (Å²) < 4.78 is 69.8. The molecule has 23 heteroatoms. The summed E-state index contributed by atoms with van der Waals surface area (Å²) in [5, 5.41) is 13.8. The minimum atomic E-state index is -4.72. The monoisotopic (exact) mass is 749 g/mol. The Morgan fingerprint density at radius 3 is 2.20 bits per heavy atom. The molecule has 1 aromatic rings. The Morgan fingerprint density at radius 1 is 0.961 bits per heavy atom. The van der Waals surface area contributed by atoms with Gasteiger partial charge >= 0.3 is 33.8 Å². The van der Waals surface area contributed by atoms with Crippen LogP contribution >= 0.6 is 0 Å². The quantitative estimate of drug-likeness (QED) is 0.0781. The fourth-order valence-corrected chi connectivity index (χ4v) is 6.76. The zero-order valence-electron chi connectivity index (χ0n) is 28.2. The van der Waals surface area contributed by atoms with Gasteiger partial charge in [-0.1, -0.05) is 0 Å². The van der Waals surface area contributed by atoms with Gasteiger partial charge in [0.1, 0.15) is 37.1 Å². The summed E-state index contributed by atoms with van der Waals surface area (Å²) in [5.74, 6) is -6.15. The molecule has 4 heterocycles. The van der Waals surface area contributed by atoms with E-state index in [0.717, 1.165) is 38.3 Å². The topological polar surface area (TPSA) is 295 Å². The fraction of sp³-hybridized carbons (Fsp3) is 0.679. The zero-order valence-corrected chi connectivity index (χ0v) is 29.0. The number of fused-ring (bicyclic) bond motifs is 1. The largest absolute Gasteiger partial charge is 0.463 e. The van der Waals surface area contributed by atoms with Crippen LogP contribution in [-0.4, -0.2) is 120 Å². The third kappa shape index (κ3) is 9.55. The highest BCUT2D eigenvalue weighted by molar-refractivity contribution is 7.88. The number of carbonyl (C=O) groups is 5. The van der Waals surface area contributed by atoms with Gasteiger partial charge in [-0.05, 0) is 13.8 Å². The third-order valence-corrected chi connectivity index (χ3v) is 8.74. The molecule has 9 atom stereocenters. The van der Waals surface area contributed by atoms with Gasteiger partial charge < -0.3 is 43.6 Å². The lowest BCUT2D eigenvalue weighted by Crippen LogP contribution is -2.75. The Bertz CT molecular complexity index is 1760. The Hall–Kier alpha value is -4.26. The van der Waals surface area contributed by atoms with Crippen molar-refractivity contribution in [2.24, 2.45) is 0 Å². The number of ether oxygens (including phenoxy) is 7. The van der Waals surface area contributed by atoms with E-state index >= 15 is 0 Å². The van der Waals surface area contributed by atoms with Crippen LogP contribution in [0.5, 0.6) is 0 Å². The molecule has 1 aromatic heterocycles. The molecule has 0 aromatic carbocycles. The van der Waals surface area contributed by atoms with Gasteiger partial charge in [0.15, 0.2) is 24.2 Å². The minimum Gasteiger partial charge on any atom is -0.463 e. The summed E-state index contributed by atoms with van der Waals surface area (Å²) in [5.41, 5.74) is -4.27. The highest BCUT2D eigenvalue weighted by atomic mass is 32.2. The first-order valence-corrected chi connectivity index (χ1v) is 16.9. The number of hydrogen-bond donors (Lipinski definition) is 5. The first-order valence-electron chi connectivity index (χ1n) is 15.4. The standard InChI is InChI=1S/C28H39N5O17S/c1-12(34)31-28(41)18(47-17(11-44-13(2)35)22(45-14(3)36)24(28)46-15(4)37)9-20(39)32-51(42,43)29-10-16-21-23(50-27(5,6)49-21)25(48-16)33-8-7-19(38)30-26(33)40/h7-8,16-18,21-25,29,41H,9-11H2,1-6H3,(H,31,34)(H,32,39)(H,30,38,40)/t16-,17-,18-,21-,22-,23-,24+,25-,28+/m1/s1. The Kier molecular flexibility index (Phi) is 11.7. The predicted octanol–water partition coefficient (Wildman–Crippen LogP) is -3.69. The van der Waals surface area contributed by atoms with E-state index in [1.807, 2.05) is 0 Å². The zero-order chi connectivity index (χ0) is 38.1. The van der Waals surface area contributed by atoms with E-state index in [-0.39, 0.29) is 0 Å². The summed E-state index contributed by atoms with van der Waals surface area (Å²) in [7, 11) is -4.72. The summed E-state index contributed by atoms with van der Waals surface area (Å²) >= 11 is 0. The molecule has 0 unspecified atom stereocenters. The van der Waals surface area contributed by atoms with Crippen molar-refractivity contribution in [1.82, 2.24) is 24.3 Å².